The highest BCUT2D eigenvalue weighted by Crippen LogP contribution is 2.47. The van der Waals surface area contributed by atoms with Gasteiger partial charge in [0.1, 0.15) is 40.5 Å². The minimum atomic E-state index is -0.828. The Bertz CT molecular complexity index is 2240. The zero-order valence-corrected chi connectivity index (χ0v) is 32.7. The number of ether oxygens (including phenoxy) is 1. The van der Waals surface area contributed by atoms with E-state index in [-0.39, 0.29) is 73.3 Å². The fraction of sp³-hybridized carbons (Fsp3) is 0.455. The van der Waals surface area contributed by atoms with E-state index in [1.807, 2.05) is 31.7 Å². The number of alkyl halides is 1. The van der Waals surface area contributed by atoms with Crippen LogP contribution in [0.25, 0.3) is 32.9 Å². The molecule has 3 aliphatic rings. The first-order chi connectivity index (χ1) is 26.6. The number of amides is 1. The van der Waals surface area contributed by atoms with Crippen molar-refractivity contribution in [2.45, 2.75) is 78.4 Å². The van der Waals surface area contributed by atoms with Crippen molar-refractivity contribution in [3.8, 4) is 47.7 Å². The predicted molar refractivity (Wildman–Crippen MR) is 214 cm³/mol. The van der Waals surface area contributed by atoms with Gasteiger partial charge in [0.25, 0.3) is 0 Å². The van der Waals surface area contributed by atoms with E-state index in [0.29, 0.717) is 56.8 Å². The van der Waals surface area contributed by atoms with Crippen molar-refractivity contribution in [1.82, 2.24) is 25.2 Å². The first-order valence-corrected chi connectivity index (χ1v) is 19.1. The summed E-state index contributed by atoms with van der Waals surface area (Å²) in [5, 5.41) is 14.2. The smallest absolute Gasteiger partial charge is 0.319 e. The van der Waals surface area contributed by atoms with Gasteiger partial charge < -0.3 is 25.0 Å². The molecular weight excluding hydrogens is 718 g/mol. The van der Waals surface area contributed by atoms with Crippen LogP contribution >= 0.6 is 0 Å². The number of hydrogen-bond donors (Lipinski definition) is 2. The molecule has 2 aromatic heterocycles. The molecule has 1 aliphatic carbocycles. The third kappa shape index (κ3) is 9.20. The van der Waals surface area contributed by atoms with Crippen LogP contribution in [-0.4, -0.2) is 81.9 Å². The number of hydrogen-bond acceptors (Lipinski definition) is 8. The number of allylic oxidation sites excluding steroid dienone is 1. The summed E-state index contributed by atoms with van der Waals surface area (Å²) in [6, 6.07) is 5.39. The number of carbonyl (C=O) groups excluding carboxylic acids is 1. The molecule has 7 rings (SSSR count). The van der Waals surface area contributed by atoms with Crippen molar-refractivity contribution in [2.75, 3.05) is 44.2 Å². The van der Waals surface area contributed by atoms with Crippen molar-refractivity contribution in [3.05, 3.63) is 59.3 Å². The number of aromatic nitrogens is 3. The normalized spacial score (nSPS) is 18.4. The second kappa shape index (κ2) is 16.4. The summed E-state index contributed by atoms with van der Waals surface area (Å²) in [6.07, 6.45) is 19.0. The molecule has 1 atom stereocenters. The standard InChI is InChI=1S/C38H36F3N5O2.C6H13NO/c1-4-27-29(40)10-9-24-18-26(47)19-28(31(24)27)34-33(41)35-32(30(5-2)42-34)36(46-15-7-6-8-23(3)20-46)44-37(43-35)48-22-38(13-14-38)21-45-16-11-25(39)12-17-45;1-5(8)7-6(2,3)4/h1-2,6-7,9-10,18-19,23,25,47H,8,11-17,20-22H2,3H3;1-4H3,(H,7,8). The zero-order valence-electron chi connectivity index (χ0n) is 32.7. The molecule has 12 heteroatoms. The van der Waals surface area contributed by atoms with Crippen LogP contribution in [0.2, 0.25) is 0 Å². The maximum atomic E-state index is 17.0. The number of piperidine rings is 1. The molecule has 2 aliphatic heterocycles. The van der Waals surface area contributed by atoms with Gasteiger partial charge in [-0.15, -0.1) is 12.8 Å². The molecule has 2 aromatic carbocycles. The summed E-state index contributed by atoms with van der Waals surface area (Å²) < 4.78 is 52.0. The van der Waals surface area contributed by atoms with E-state index >= 15 is 4.39 Å². The second-order valence-electron chi connectivity index (χ2n) is 16.4. The number of halogens is 3. The Morgan fingerprint density at radius 1 is 1.07 bits per heavy atom. The lowest BCUT2D eigenvalue weighted by Crippen LogP contribution is -2.39. The lowest BCUT2D eigenvalue weighted by Gasteiger charge is -2.31. The molecular formula is C44H49F3N6O3. The molecule has 1 saturated heterocycles. The molecule has 9 nitrogen and oxygen atoms in total. The fourth-order valence-electron chi connectivity index (χ4n) is 7.50. The number of anilines is 1. The number of benzene rings is 2. The topological polar surface area (TPSA) is 104 Å². The second-order valence-corrected chi connectivity index (χ2v) is 16.4. The molecule has 0 radical (unpaired) electrons. The number of likely N-dealkylation sites (tertiary alicyclic amines) is 1. The van der Waals surface area contributed by atoms with Crippen LogP contribution in [0, 0.1) is 47.7 Å². The Kier molecular flexibility index (Phi) is 11.8. The highest BCUT2D eigenvalue weighted by Gasteiger charge is 2.45. The van der Waals surface area contributed by atoms with Gasteiger partial charge in [-0.2, -0.15) is 9.97 Å². The van der Waals surface area contributed by atoms with Crippen LogP contribution in [0.15, 0.2) is 36.4 Å². The number of pyridine rings is 1. The number of nitrogens with one attached hydrogen (secondary N) is 1. The Balaban J connectivity index is 0.000000601. The van der Waals surface area contributed by atoms with Gasteiger partial charge in [0.15, 0.2) is 5.82 Å². The van der Waals surface area contributed by atoms with Crippen LogP contribution in [0.3, 0.4) is 0 Å². The number of aromatic hydroxyl groups is 1. The molecule has 56 heavy (non-hydrogen) atoms. The van der Waals surface area contributed by atoms with Gasteiger partial charge in [-0.05, 0) is 88.3 Å². The molecule has 1 unspecified atom stereocenters. The van der Waals surface area contributed by atoms with Gasteiger partial charge in [0.05, 0.1) is 17.6 Å². The summed E-state index contributed by atoms with van der Waals surface area (Å²) in [5.41, 5.74) is -0.429. The van der Waals surface area contributed by atoms with E-state index in [2.05, 4.69) is 45.0 Å². The molecule has 1 saturated carbocycles. The van der Waals surface area contributed by atoms with E-state index in [1.165, 1.54) is 31.2 Å². The lowest BCUT2D eigenvalue weighted by atomic mass is 9.95. The largest absolute Gasteiger partial charge is 0.508 e. The van der Waals surface area contributed by atoms with Crippen LogP contribution in [0.1, 0.15) is 78.0 Å². The molecule has 4 heterocycles. The minimum absolute atomic E-state index is 0.00210. The summed E-state index contributed by atoms with van der Waals surface area (Å²) in [6.45, 7) is 13.2. The van der Waals surface area contributed by atoms with E-state index in [4.69, 9.17) is 22.6 Å². The molecule has 0 bridgehead atoms. The van der Waals surface area contributed by atoms with Crippen molar-refractivity contribution in [1.29, 1.82) is 0 Å². The SMILES string of the molecule is C#Cc1c(F)ccc2cc(O)cc(-c3nc(C#C)c4c(N5CC=CCC(C)C5)nc(OCC5(CN6CCC(F)CC6)CC5)nc4c3F)c12.CC(=O)NC(C)(C)C. The van der Waals surface area contributed by atoms with Gasteiger partial charge in [0.2, 0.25) is 5.91 Å². The number of rotatable bonds is 7. The molecule has 4 aromatic rings. The van der Waals surface area contributed by atoms with Crippen molar-refractivity contribution in [3.63, 3.8) is 0 Å². The number of phenols is 1. The number of carbonyl (C=O) groups is 1. The maximum Gasteiger partial charge on any atom is 0.319 e. The van der Waals surface area contributed by atoms with E-state index in [9.17, 15) is 18.7 Å². The van der Waals surface area contributed by atoms with E-state index < -0.39 is 17.8 Å². The monoisotopic (exact) mass is 766 g/mol. The van der Waals surface area contributed by atoms with Gasteiger partial charge in [-0.25, -0.2) is 18.2 Å². The van der Waals surface area contributed by atoms with Crippen LogP contribution in [0.4, 0.5) is 19.0 Å². The van der Waals surface area contributed by atoms with Gasteiger partial charge in [0, 0.05) is 61.6 Å². The number of nitrogens with zero attached hydrogens (tertiary/aromatic N) is 5. The Hall–Kier alpha value is -5.33. The van der Waals surface area contributed by atoms with Crippen LogP contribution in [0.5, 0.6) is 11.8 Å². The van der Waals surface area contributed by atoms with Crippen molar-refractivity contribution < 1.29 is 27.8 Å². The summed E-state index contributed by atoms with van der Waals surface area (Å²) >= 11 is 0. The first kappa shape index (κ1) is 40.3. The third-order valence-electron chi connectivity index (χ3n) is 10.3. The fourth-order valence-corrected chi connectivity index (χ4v) is 7.50. The van der Waals surface area contributed by atoms with E-state index in [1.54, 1.807) is 0 Å². The summed E-state index contributed by atoms with van der Waals surface area (Å²) in [4.78, 5) is 28.6. The van der Waals surface area contributed by atoms with Crippen LogP contribution in [-0.2, 0) is 4.79 Å². The summed E-state index contributed by atoms with van der Waals surface area (Å²) in [5.74, 6) is 4.00. The van der Waals surface area contributed by atoms with Crippen LogP contribution < -0.4 is 15.0 Å². The average Bonchev–Trinajstić information content (AvgIpc) is 3.94. The average molecular weight is 767 g/mol. The Labute approximate surface area is 326 Å². The Morgan fingerprint density at radius 3 is 2.43 bits per heavy atom. The van der Waals surface area contributed by atoms with Crippen molar-refractivity contribution >= 4 is 33.4 Å². The molecule has 2 N–H and O–H groups in total. The predicted octanol–water partition coefficient (Wildman–Crippen LogP) is 7.71. The first-order valence-electron chi connectivity index (χ1n) is 19.1. The molecule has 2 fully saturated rings. The van der Waals surface area contributed by atoms with Gasteiger partial charge in [-0.3, -0.25) is 4.79 Å². The third-order valence-corrected chi connectivity index (χ3v) is 10.3. The highest BCUT2D eigenvalue weighted by molar-refractivity contribution is 6.04. The molecule has 294 valence electrons. The van der Waals surface area contributed by atoms with Crippen molar-refractivity contribution in [2.24, 2.45) is 11.3 Å². The maximum absolute atomic E-state index is 17.0. The van der Waals surface area contributed by atoms with Gasteiger partial charge in [-0.1, -0.05) is 31.1 Å². The number of phenolic OH excluding ortho intramolecular Hbond substituents is 1. The quantitative estimate of drug-likeness (QED) is 0.146. The van der Waals surface area contributed by atoms with Gasteiger partial charge >= 0.3 is 6.01 Å². The minimum Gasteiger partial charge on any atom is -0.508 e. The lowest BCUT2D eigenvalue weighted by molar-refractivity contribution is -0.120. The van der Waals surface area contributed by atoms with E-state index in [0.717, 1.165) is 25.8 Å². The summed E-state index contributed by atoms with van der Waals surface area (Å²) in [7, 11) is 0. The Morgan fingerprint density at radius 2 is 1.80 bits per heavy atom. The number of terminal acetylenes is 2. The molecule has 1 amide bonds. The highest BCUT2D eigenvalue weighted by atomic mass is 19.1. The number of fused-ring (bicyclic) bond motifs is 2. The molecule has 0 spiro atoms. The zero-order chi connectivity index (χ0) is 40.4.